The number of aryl methyl sites for hydroxylation is 1. The van der Waals surface area contributed by atoms with E-state index in [2.05, 4.69) is 17.0 Å². The van der Waals surface area contributed by atoms with Gasteiger partial charge in [0.15, 0.2) is 11.5 Å². The van der Waals surface area contributed by atoms with Crippen molar-refractivity contribution in [1.82, 2.24) is 9.66 Å². The normalized spacial score (nSPS) is 12.5. The van der Waals surface area contributed by atoms with Crippen molar-refractivity contribution in [2.45, 2.75) is 33.3 Å². The molecule has 22 heavy (non-hydrogen) atoms. The van der Waals surface area contributed by atoms with E-state index < -0.39 is 0 Å². The summed E-state index contributed by atoms with van der Waals surface area (Å²) in [5, 5.41) is 4.29. The van der Waals surface area contributed by atoms with Crippen LogP contribution in [0, 0.1) is 6.92 Å². The molecule has 0 fully saturated rings. The highest BCUT2D eigenvalue weighted by molar-refractivity contribution is 5.81. The number of rotatable bonds is 6. The van der Waals surface area contributed by atoms with Crippen LogP contribution in [0.2, 0.25) is 0 Å². The van der Waals surface area contributed by atoms with Crippen molar-refractivity contribution in [3.63, 3.8) is 0 Å². The lowest BCUT2D eigenvalue weighted by atomic mass is 10.2. The standard InChI is InChI=1S/C16H22N4O2/c1-5-12(3)22-14-7-6-13(8-15(14)21-4)9-18-20-10-11(2)19-16(20)17/h6-10,12H,5H2,1-4H3,(H2,17,19). The summed E-state index contributed by atoms with van der Waals surface area (Å²) in [6.07, 6.45) is 4.55. The highest BCUT2D eigenvalue weighted by atomic mass is 16.5. The van der Waals surface area contributed by atoms with Crippen LogP contribution in [0.15, 0.2) is 29.5 Å². The molecule has 0 saturated heterocycles. The molecular formula is C16H22N4O2. The van der Waals surface area contributed by atoms with E-state index in [0.717, 1.165) is 23.4 Å². The van der Waals surface area contributed by atoms with Crippen LogP contribution in [-0.2, 0) is 0 Å². The number of aromatic nitrogens is 2. The third kappa shape index (κ3) is 3.78. The molecule has 1 aromatic carbocycles. The fraction of sp³-hybridized carbons (Fsp3) is 0.375. The molecule has 118 valence electrons. The Hall–Kier alpha value is -2.50. The summed E-state index contributed by atoms with van der Waals surface area (Å²) in [7, 11) is 1.62. The van der Waals surface area contributed by atoms with Crippen LogP contribution in [0.1, 0.15) is 31.5 Å². The van der Waals surface area contributed by atoms with E-state index in [1.807, 2.05) is 32.0 Å². The molecule has 0 aliphatic rings. The van der Waals surface area contributed by atoms with Gasteiger partial charge in [0.05, 0.1) is 31.3 Å². The molecule has 0 radical (unpaired) electrons. The molecule has 2 rings (SSSR count). The fourth-order valence-electron chi connectivity index (χ4n) is 1.89. The molecule has 1 unspecified atom stereocenters. The first-order valence-corrected chi connectivity index (χ1v) is 7.24. The molecular weight excluding hydrogens is 280 g/mol. The van der Waals surface area contributed by atoms with E-state index >= 15 is 0 Å². The Labute approximate surface area is 130 Å². The summed E-state index contributed by atoms with van der Waals surface area (Å²) < 4.78 is 12.7. The minimum Gasteiger partial charge on any atom is -0.493 e. The van der Waals surface area contributed by atoms with E-state index in [4.69, 9.17) is 15.2 Å². The molecule has 0 aliphatic heterocycles. The van der Waals surface area contributed by atoms with Crippen molar-refractivity contribution in [1.29, 1.82) is 0 Å². The maximum Gasteiger partial charge on any atom is 0.221 e. The van der Waals surface area contributed by atoms with E-state index in [0.29, 0.717) is 11.7 Å². The van der Waals surface area contributed by atoms with Crippen LogP contribution in [0.5, 0.6) is 11.5 Å². The summed E-state index contributed by atoms with van der Waals surface area (Å²) in [6.45, 7) is 5.97. The molecule has 0 amide bonds. The predicted molar refractivity (Wildman–Crippen MR) is 87.7 cm³/mol. The van der Waals surface area contributed by atoms with Gasteiger partial charge in [-0.05, 0) is 44.0 Å². The first-order chi connectivity index (χ1) is 10.5. The van der Waals surface area contributed by atoms with Crippen molar-refractivity contribution in [3.8, 4) is 11.5 Å². The molecule has 2 N–H and O–H groups in total. The first kappa shape index (κ1) is 15.9. The number of nitrogens with zero attached hydrogens (tertiary/aromatic N) is 3. The Morgan fingerprint density at radius 1 is 1.41 bits per heavy atom. The number of hydrogen-bond donors (Lipinski definition) is 1. The van der Waals surface area contributed by atoms with E-state index in [9.17, 15) is 0 Å². The van der Waals surface area contributed by atoms with Crippen LogP contribution < -0.4 is 15.2 Å². The van der Waals surface area contributed by atoms with Crippen LogP contribution in [0.25, 0.3) is 0 Å². The zero-order valence-electron chi connectivity index (χ0n) is 13.4. The van der Waals surface area contributed by atoms with Gasteiger partial charge in [-0.1, -0.05) is 6.92 Å². The van der Waals surface area contributed by atoms with E-state index in [1.165, 1.54) is 4.68 Å². The van der Waals surface area contributed by atoms with Gasteiger partial charge in [-0.15, -0.1) is 0 Å². The number of hydrogen-bond acceptors (Lipinski definition) is 5. The zero-order chi connectivity index (χ0) is 16.1. The molecule has 0 bridgehead atoms. The lowest BCUT2D eigenvalue weighted by Gasteiger charge is -2.15. The second kappa shape index (κ2) is 6.98. The van der Waals surface area contributed by atoms with Gasteiger partial charge >= 0.3 is 0 Å². The highest BCUT2D eigenvalue weighted by Crippen LogP contribution is 2.28. The fourth-order valence-corrected chi connectivity index (χ4v) is 1.89. The Morgan fingerprint density at radius 2 is 2.18 bits per heavy atom. The molecule has 6 nitrogen and oxygen atoms in total. The van der Waals surface area contributed by atoms with Crippen LogP contribution in [-0.4, -0.2) is 29.1 Å². The van der Waals surface area contributed by atoms with Crippen LogP contribution >= 0.6 is 0 Å². The Morgan fingerprint density at radius 3 is 2.77 bits per heavy atom. The third-order valence-electron chi connectivity index (χ3n) is 3.26. The molecule has 0 spiro atoms. The van der Waals surface area contributed by atoms with Crippen LogP contribution in [0.4, 0.5) is 5.95 Å². The zero-order valence-corrected chi connectivity index (χ0v) is 13.4. The van der Waals surface area contributed by atoms with Crippen molar-refractivity contribution in [3.05, 3.63) is 35.7 Å². The second-order valence-electron chi connectivity index (χ2n) is 5.08. The average Bonchev–Trinajstić information content (AvgIpc) is 2.83. The number of anilines is 1. The minimum absolute atomic E-state index is 0.141. The highest BCUT2D eigenvalue weighted by Gasteiger charge is 2.08. The van der Waals surface area contributed by atoms with Gasteiger partial charge in [-0.2, -0.15) is 5.10 Å². The summed E-state index contributed by atoms with van der Waals surface area (Å²) in [5.74, 6) is 1.77. The van der Waals surface area contributed by atoms with Gasteiger partial charge in [0, 0.05) is 0 Å². The third-order valence-corrected chi connectivity index (χ3v) is 3.26. The largest absolute Gasteiger partial charge is 0.493 e. The summed E-state index contributed by atoms with van der Waals surface area (Å²) in [6, 6.07) is 5.68. The van der Waals surface area contributed by atoms with Gasteiger partial charge in [0.1, 0.15) is 0 Å². The predicted octanol–water partition coefficient (Wildman–Crippen LogP) is 2.84. The molecule has 1 atom stereocenters. The quantitative estimate of drug-likeness (QED) is 0.833. The minimum atomic E-state index is 0.141. The Balaban J connectivity index is 2.20. The molecule has 6 heteroatoms. The number of methoxy groups -OCH3 is 1. The lowest BCUT2D eigenvalue weighted by molar-refractivity contribution is 0.207. The second-order valence-corrected chi connectivity index (χ2v) is 5.08. The topological polar surface area (TPSA) is 74.7 Å². The van der Waals surface area contributed by atoms with Gasteiger partial charge in [-0.25, -0.2) is 9.66 Å². The number of imidazole rings is 1. The molecule has 1 aromatic heterocycles. The van der Waals surface area contributed by atoms with Crippen molar-refractivity contribution in [2.24, 2.45) is 5.10 Å². The smallest absolute Gasteiger partial charge is 0.221 e. The van der Waals surface area contributed by atoms with Crippen molar-refractivity contribution in [2.75, 3.05) is 12.8 Å². The van der Waals surface area contributed by atoms with Gasteiger partial charge in [-0.3, -0.25) is 0 Å². The SMILES string of the molecule is CCC(C)Oc1ccc(C=Nn2cc(C)nc2N)cc1OC. The van der Waals surface area contributed by atoms with E-state index in [-0.39, 0.29) is 6.10 Å². The van der Waals surface area contributed by atoms with Gasteiger partial charge < -0.3 is 15.2 Å². The summed E-state index contributed by atoms with van der Waals surface area (Å²) in [4.78, 5) is 4.10. The average molecular weight is 302 g/mol. The van der Waals surface area contributed by atoms with E-state index in [1.54, 1.807) is 19.5 Å². The lowest BCUT2D eigenvalue weighted by Crippen LogP contribution is -2.10. The Kier molecular flexibility index (Phi) is 5.04. The van der Waals surface area contributed by atoms with Gasteiger partial charge in [0.25, 0.3) is 0 Å². The number of nitrogen functional groups attached to an aromatic ring is 1. The van der Waals surface area contributed by atoms with Crippen molar-refractivity contribution < 1.29 is 9.47 Å². The van der Waals surface area contributed by atoms with Crippen LogP contribution in [0.3, 0.4) is 0 Å². The summed E-state index contributed by atoms with van der Waals surface area (Å²) in [5.41, 5.74) is 7.46. The number of nitrogens with two attached hydrogens (primary N) is 1. The summed E-state index contributed by atoms with van der Waals surface area (Å²) >= 11 is 0. The number of ether oxygens (including phenoxy) is 2. The Bertz CT molecular complexity index is 664. The molecule has 0 aliphatic carbocycles. The monoisotopic (exact) mass is 302 g/mol. The molecule has 1 heterocycles. The molecule has 2 aromatic rings. The maximum absolute atomic E-state index is 5.82. The number of benzene rings is 1. The first-order valence-electron chi connectivity index (χ1n) is 7.24. The van der Waals surface area contributed by atoms with Gasteiger partial charge in [0.2, 0.25) is 5.95 Å². The molecule has 0 saturated carbocycles. The maximum atomic E-state index is 5.82. The van der Waals surface area contributed by atoms with Crippen molar-refractivity contribution >= 4 is 12.2 Å².